The van der Waals surface area contributed by atoms with E-state index in [1.807, 2.05) is 0 Å². The third kappa shape index (κ3) is 4.54. The maximum atomic E-state index is 12.3. The Labute approximate surface area is 130 Å². The number of anilines is 1. The van der Waals surface area contributed by atoms with E-state index in [1.165, 1.54) is 12.1 Å². The number of hydrogen-bond acceptors (Lipinski definition) is 5. The third-order valence-electron chi connectivity index (χ3n) is 3.16. The first-order valence-corrected chi connectivity index (χ1v) is 8.66. The van der Waals surface area contributed by atoms with Crippen LogP contribution in [-0.4, -0.2) is 33.3 Å². The predicted octanol–water partition coefficient (Wildman–Crippen LogP) is 0.835. The van der Waals surface area contributed by atoms with Crippen LogP contribution in [0.3, 0.4) is 0 Å². The summed E-state index contributed by atoms with van der Waals surface area (Å²) in [4.78, 5) is 15.9. The van der Waals surface area contributed by atoms with Crippen molar-refractivity contribution in [3.63, 3.8) is 0 Å². The van der Waals surface area contributed by atoms with Crippen molar-refractivity contribution < 1.29 is 13.2 Å². The molecule has 22 heavy (non-hydrogen) atoms. The molecule has 4 N–H and O–H groups in total. The van der Waals surface area contributed by atoms with Gasteiger partial charge in [-0.05, 0) is 37.6 Å². The Kier molecular flexibility index (Phi) is 5.51. The lowest BCUT2D eigenvalue weighted by Gasteiger charge is -2.10. The number of hydrogen-bond donors (Lipinski definition) is 3. The molecule has 120 valence electrons. The lowest BCUT2D eigenvalue weighted by Crippen LogP contribution is -2.29. The lowest BCUT2D eigenvalue weighted by molar-refractivity contribution is -0.116. The van der Waals surface area contributed by atoms with Crippen LogP contribution < -0.4 is 15.8 Å². The summed E-state index contributed by atoms with van der Waals surface area (Å²) >= 11 is 0. The summed E-state index contributed by atoms with van der Waals surface area (Å²) in [6.45, 7) is 1.09. The molecule has 1 aliphatic rings. The zero-order valence-electron chi connectivity index (χ0n) is 12.2. The molecule has 0 unspecified atom stereocenters. The molecule has 0 aromatic heterocycles. The highest BCUT2D eigenvalue weighted by atomic mass is 32.2. The fourth-order valence-corrected chi connectivity index (χ4v) is 3.20. The van der Waals surface area contributed by atoms with Crippen molar-refractivity contribution in [3.05, 3.63) is 24.3 Å². The van der Waals surface area contributed by atoms with Gasteiger partial charge >= 0.3 is 0 Å². The standard InChI is InChI=1S/C14H20N4O3S/c15-8-2-7-14(19)17-11-4-1-5-12(10-11)22(20,21)18-13-6-3-9-16-13/h1,4-5,10H,2-3,6-9,15H2,(H,16,18)(H,17,19). The van der Waals surface area contributed by atoms with Gasteiger partial charge in [0.1, 0.15) is 5.84 Å². The minimum Gasteiger partial charge on any atom is -0.330 e. The van der Waals surface area contributed by atoms with Gasteiger partial charge in [0.25, 0.3) is 10.0 Å². The first-order chi connectivity index (χ1) is 10.5. The fourth-order valence-electron chi connectivity index (χ4n) is 2.06. The number of benzene rings is 1. The third-order valence-corrected chi connectivity index (χ3v) is 4.54. The molecule has 0 saturated heterocycles. The molecule has 1 aromatic rings. The number of sulfonamides is 1. The molecule has 7 nitrogen and oxygen atoms in total. The Hall–Kier alpha value is -1.93. The van der Waals surface area contributed by atoms with Crippen LogP contribution in [0.2, 0.25) is 0 Å². The predicted molar refractivity (Wildman–Crippen MR) is 85.2 cm³/mol. The Morgan fingerprint density at radius 2 is 2.18 bits per heavy atom. The number of nitrogens with zero attached hydrogens (tertiary/aromatic N) is 1. The van der Waals surface area contributed by atoms with E-state index in [2.05, 4.69) is 15.0 Å². The highest BCUT2D eigenvalue weighted by molar-refractivity contribution is 7.90. The molecule has 0 aliphatic carbocycles. The molecule has 1 aliphatic heterocycles. The van der Waals surface area contributed by atoms with Crippen LogP contribution in [0.15, 0.2) is 34.2 Å². The van der Waals surface area contributed by atoms with Crippen LogP contribution in [0.5, 0.6) is 0 Å². The van der Waals surface area contributed by atoms with Gasteiger partial charge in [-0.15, -0.1) is 0 Å². The first kappa shape index (κ1) is 16.4. The molecule has 1 aromatic carbocycles. The van der Waals surface area contributed by atoms with Crippen LogP contribution in [0.4, 0.5) is 5.69 Å². The van der Waals surface area contributed by atoms with E-state index in [1.54, 1.807) is 12.1 Å². The zero-order valence-corrected chi connectivity index (χ0v) is 13.0. The SMILES string of the molecule is NCCCC(=O)Nc1cccc(S(=O)(=O)NC2=NCCC2)c1. The van der Waals surface area contributed by atoms with E-state index in [0.717, 1.165) is 6.42 Å². The topological polar surface area (TPSA) is 114 Å². The molecule has 8 heteroatoms. The van der Waals surface area contributed by atoms with Gasteiger partial charge in [0.15, 0.2) is 0 Å². The quantitative estimate of drug-likeness (QED) is 0.719. The molecule has 0 bridgehead atoms. The smallest absolute Gasteiger partial charge is 0.262 e. The molecule has 0 radical (unpaired) electrons. The average molecular weight is 324 g/mol. The lowest BCUT2D eigenvalue weighted by atomic mass is 10.2. The Morgan fingerprint density at radius 3 is 2.86 bits per heavy atom. The summed E-state index contributed by atoms with van der Waals surface area (Å²) in [5.41, 5.74) is 5.79. The number of nitrogens with one attached hydrogen (secondary N) is 2. The van der Waals surface area contributed by atoms with Crippen molar-refractivity contribution in [1.82, 2.24) is 4.72 Å². The summed E-state index contributed by atoms with van der Waals surface area (Å²) in [6.07, 6.45) is 2.39. The molecule has 1 heterocycles. The number of amides is 1. The van der Waals surface area contributed by atoms with Gasteiger partial charge in [-0.2, -0.15) is 0 Å². The van der Waals surface area contributed by atoms with Gasteiger partial charge in [-0.3, -0.25) is 14.5 Å². The second kappa shape index (κ2) is 7.37. The van der Waals surface area contributed by atoms with Crippen molar-refractivity contribution in [1.29, 1.82) is 0 Å². The summed E-state index contributed by atoms with van der Waals surface area (Å²) in [7, 11) is -3.67. The number of rotatable bonds is 6. The highest BCUT2D eigenvalue weighted by Crippen LogP contribution is 2.16. The normalized spacial score (nSPS) is 14.5. The van der Waals surface area contributed by atoms with Crippen LogP contribution in [0, 0.1) is 0 Å². The molecule has 0 spiro atoms. The Morgan fingerprint density at radius 1 is 1.36 bits per heavy atom. The summed E-state index contributed by atoms with van der Waals surface area (Å²) in [5, 5.41) is 2.67. The van der Waals surface area contributed by atoms with Crippen molar-refractivity contribution in [2.75, 3.05) is 18.4 Å². The maximum absolute atomic E-state index is 12.3. The van der Waals surface area contributed by atoms with Crippen molar-refractivity contribution >= 4 is 27.5 Å². The van der Waals surface area contributed by atoms with Crippen molar-refractivity contribution in [3.8, 4) is 0 Å². The minimum atomic E-state index is -3.67. The maximum Gasteiger partial charge on any atom is 0.262 e. The van der Waals surface area contributed by atoms with Crippen LogP contribution >= 0.6 is 0 Å². The number of carbonyl (C=O) groups is 1. The van der Waals surface area contributed by atoms with Gasteiger partial charge in [0, 0.05) is 25.1 Å². The minimum absolute atomic E-state index is 0.0960. The van der Waals surface area contributed by atoms with Gasteiger partial charge in [-0.1, -0.05) is 6.07 Å². The van der Waals surface area contributed by atoms with Crippen molar-refractivity contribution in [2.45, 2.75) is 30.6 Å². The monoisotopic (exact) mass is 324 g/mol. The second-order valence-electron chi connectivity index (χ2n) is 5.01. The van der Waals surface area contributed by atoms with Crippen LogP contribution in [0.1, 0.15) is 25.7 Å². The van der Waals surface area contributed by atoms with Crippen molar-refractivity contribution in [2.24, 2.45) is 10.7 Å². The van der Waals surface area contributed by atoms with E-state index >= 15 is 0 Å². The van der Waals surface area contributed by atoms with Gasteiger partial charge < -0.3 is 11.1 Å². The largest absolute Gasteiger partial charge is 0.330 e. The average Bonchev–Trinajstić information content (AvgIpc) is 2.97. The van der Waals surface area contributed by atoms with E-state index in [-0.39, 0.29) is 10.8 Å². The summed E-state index contributed by atoms with van der Waals surface area (Å²) in [5.74, 6) is 0.297. The van der Waals surface area contributed by atoms with Gasteiger partial charge in [0.05, 0.1) is 4.90 Å². The molecule has 1 amide bonds. The van der Waals surface area contributed by atoms with Gasteiger partial charge in [-0.25, -0.2) is 8.42 Å². The van der Waals surface area contributed by atoms with E-state index in [0.29, 0.717) is 43.9 Å². The molecule has 0 atom stereocenters. The molecule has 0 saturated carbocycles. The van der Waals surface area contributed by atoms with E-state index in [9.17, 15) is 13.2 Å². The highest BCUT2D eigenvalue weighted by Gasteiger charge is 2.18. The zero-order chi connectivity index (χ0) is 16.0. The van der Waals surface area contributed by atoms with Gasteiger partial charge in [0.2, 0.25) is 5.91 Å². The number of aliphatic imine (C=N–C) groups is 1. The fraction of sp³-hybridized carbons (Fsp3) is 0.429. The van der Waals surface area contributed by atoms with Crippen LogP contribution in [-0.2, 0) is 14.8 Å². The molecular weight excluding hydrogens is 304 g/mol. The summed E-state index contributed by atoms with van der Waals surface area (Å²) < 4.78 is 27.0. The number of amidine groups is 1. The molecular formula is C14H20N4O3S. The van der Waals surface area contributed by atoms with Crippen LogP contribution in [0.25, 0.3) is 0 Å². The summed E-state index contributed by atoms with van der Waals surface area (Å²) in [6, 6.07) is 6.14. The first-order valence-electron chi connectivity index (χ1n) is 7.17. The van der Waals surface area contributed by atoms with E-state index < -0.39 is 10.0 Å². The number of carbonyl (C=O) groups excluding carboxylic acids is 1. The number of nitrogens with two attached hydrogens (primary N) is 1. The Bertz CT molecular complexity index is 670. The second-order valence-corrected chi connectivity index (χ2v) is 6.69. The molecule has 0 fully saturated rings. The molecule has 2 rings (SSSR count). The Balaban J connectivity index is 2.08. The van der Waals surface area contributed by atoms with E-state index in [4.69, 9.17) is 5.73 Å².